The summed E-state index contributed by atoms with van der Waals surface area (Å²) < 4.78 is 1.86. The minimum absolute atomic E-state index is 0.0228. The molecule has 0 fully saturated rings. The third-order valence-corrected chi connectivity index (χ3v) is 13.9. The Morgan fingerprint density at radius 3 is 1.44 bits per heavy atom. The molecule has 0 aliphatic rings. The standard InChI is InChI=1S/C42H25N7Si/c43-26-29-19-21-38-36(23-29)37-24-30(27-44)20-22-39(37)49(38)42-47-40(28-45)46-41(48-42)31-11-10-18-35(25-31)50(32-12-4-1-5-13-32,33-14-6-2-7-15-33)34-16-8-3-9-17-34/h1-25H. The van der Waals surface area contributed by atoms with Crippen LogP contribution in [0.15, 0.2) is 152 Å². The van der Waals surface area contributed by atoms with Gasteiger partial charge in [0, 0.05) is 16.3 Å². The fourth-order valence-electron chi connectivity index (χ4n) is 6.98. The largest absolute Gasteiger partial charge is 0.278 e. The van der Waals surface area contributed by atoms with Gasteiger partial charge in [-0.2, -0.15) is 30.7 Å². The molecule has 0 aliphatic carbocycles. The van der Waals surface area contributed by atoms with Gasteiger partial charge in [-0.15, -0.1) is 0 Å². The molecule has 0 N–H and O–H groups in total. The minimum Gasteiger partial charge on any atom is -0.278 e. The second kappa shape index (κ2) is 12.4. The first-order valence-electron chi connectivity index (χ1n) is 16.0. The van der Waals surface area contributed by atoms with E-state index in [0.29, 0.717) is 17.0 Å². The SMILES string of the molecule is N#Cc1ccc2c(c1)c1cc(C#N)ccc1n2-c1nc(C#N)nc(-c2cccc([Si](c3ccccc3)(c3ccccc3)c3ccccc3)c2)n1. The number of hydrogen-bond acceptors (Lipinski definition) is 6. The number of rotatable bonds is 6. The summed E-state index contributed by atoms with van der Waals surface area (Å²) in [7, 11) is -2.84. The monoisotopic (exact) mass is 655 g/mol. The van der Waals surface area contributed by atoms with Crippen LogP contribution in [-0.2, 0) is 0 Å². The van der Waals surface area contributed by atoms with Gasteiger partial charge in [0.1, 0.15) is 6.07 Å². The van der Waals surface area contributed by atoms with Crippen LogP contribution in [0.4, 0.5) is 0 Å². The number of benzene rings is 6. The second-order valence-corrected chi connectivity index (χ2v) is 15.7. The smallest absolute Gasteiger partial charge is 0.239 e. The predicted molar refractivity (Wildman–Crippen MR) is 197 cm³/mol. The highest BCUT2D eigenvalue weighted by Gasteiger charge is 2.41. The Bertz CT molecular complexity index is 2520. The van der Waals surface area contributed by atoms with Crippen LogP contribution in [0.3, 0.4) is 0 Å². The molecule has 232 valence electrons. The van der Waals surface area contributed by atoms with Crippen molar-refractivity contribution in [2.45, 2.75) is 0 Å². The topological polar surface area (TPSA) is 115 Å². The first kappa shape index (κ1) is 30.2. The Morgan fingerprint density at radius 1 is 0.460 bits per heavy atom. The van der Waals surface area contributed by atoms with Crippen LogP contribution in [0.1, 0.15) is 17.0 Å². The van der Waals surface area contributed by atoms with E-state index in [1.807, 2.05) is 47.0 Å². The zero-order valence-electron chi connectivity index (χ0n) is 26.6. The highest BCUT2D eigenvalue weighted by molar-refractivity contribution is 7.19. The van der Waals surface area contributed by atoms with Crippen LogP contribution >= 0.6 is 0 Å². The molecule has 8 rings (SSSR count). The van der Waals surface area contributed by atoms with Crippen molar-refractivity contribution in [1.29, 1.82) is 15.8 Å². The van der Waals surface area contributed by atoms with Crippen molar-refractivity contribution in [3.05, 3.63) is 169 Å². The average molecular weight is 656 g/mol. The van der Waals surface area contributed by atoms with Crippen molar-refractivity contribution in [1.82, 2.24) is 19.5 Å². The molecule has 0 bridgehead atoms. The minimum atomic E-state index is -2.84. The summed E-state index contributed by atoms with van der Waals surface area (Å²) in [4.78, 5) is 14.2. The first-order chi connectivity index (χ1) is 24.6. The van der Waals surface area contributed by atoms with E-state index in [1.54, 1.807) is 24.3 Å². The van der Waals surface area contributed by atoms with Gasteiger partial charge in [0.05, 0.1) is 34.3 Å². The molecule has 0 saturated heterocycles. The van der Waals surface area contributed by atoms with Crippen LogP contribution in [0.2, 0.25) is 0 Å². The van der Waals surface area contributed by atoms with E-state index in [-0.39, 0.29) is 11.8 Å². The summed E-state index contributed by atoms with van der Waals surface area (Å²) >= 11 is 0. The molecule has 7 nitrogen and oxygen atoms in total. The van der Waals surface area contributed by atoms with Crippen molar-refractivity contribution in [3.63, 3.8) is 0 Å². The van der Waals surface area contributed by atoms with E-state index in [0.717, 1.165) is 32.6 Å². The van der Waals surface area contributed by atoms with Gasteiger partial charge in [-0.05, 0) is 57.1 Å². The number of aromatic nitrogens is 4. The van der Waals surface area contributed by atoms with Crippen molar-refractivity contribution in [2.75, 3.05) is 0 Å². The number of hydrogen-bond donors (Lipinski definition) is 0. The summed E-state index contributed by atoms with van der Waals surface area (Å²) in [6.45, 7) is 0. The van der Waals surface area contributed by atoms with Crippen LogP contribution in [0.25, 0.3) is 39.1 Å². The molecule has 0 unspecified atom stereocenters. The number of nitrogens with zero attached hydrogens (tertiary/aromatic N) is 7. The molecule has 0 amide bonds. The molecule has 0 saturated carbocycles. The number of nitriles is 3. The van der Waals surface area contributed by atoms with Crippen molar-refractivity contribution >= 4 is 50.6 Å². The molecule has 0 aliphatic heterocycles. The summed E-state index contributed by atoms with van der Waals surface area (Å²) in [5, 5.41) is 35.9. The highest BCUT2D eigenvalue weighted by atomic mass is 28.3. The summed E-state index contributed by atoms with van der Waals surface area (Å²) in [5.74, 6) is 0.609. The van der Waals surface area contributed by atoms with Crippen LogP contribution in [0.5, 0.6) is 0 Å². The maximum Gasteiger partial charge on any atom is 0.239 e. The Hall–Kier alpha value is -7.18. The van der Waals surface area contributed by atoms with Crippen molar-refractivity contribution in [2.24, 2.45) is 0 Å². The van der Waals surface area contributed by atoms with E-state index >= 15 is 0 Å². The van der Waals surface area contributed by atoms with Crippen LogP contribution < -0.4 is 20.7 Å². The molecule has 50 heavy (non-hydrogen) atoms. The zero-order valence-corrected chi connectivity index (χ0v) is 27.6. The molecular weight excluding hydrogens is 631 g/mol. The lowest BCUT2D eigenvalue weighted by Gasteiger charge is -2.34. The van der Waals surface area contributed by atoms with E-state index in [4.69, 9.17) is 4.98 Å². The van der Waals surface area contributed by atoms with Crippen LogP contribution in [0, 0.1) is 34.0 Å². The van der Waals surface area contributed by atoms with Gasteiger partial charge in [-0.25, -0.2) is 0 Å². The van der Waals surface area contributed by atoms with Crippen molar-refractivity contribution < 1.29 is 0 Å². The fraction of sp³-hybridized carbons (Fsp3) is 0. The maximum atomic E-state index is 10.1. The van der Waals surface area contributed by atoms with Gasteiger partial charge in [-0.3, -0.25) is 4.57 Å². The summed E-state index contributed by atoms with van der Waals surface area (Å²) in [6, 6.07) is 57.6. The quantitative estimate of drug-likeness (QED) is 0.170. The van der Waals surface area contributed by atoms with E-state index in [2.05, 4.69) is 113 Å². The van der Waals surface area contributed by atoms with Gasteiger partial charge < -0.3 is 0 Å². The fourth-order valence-corrected chi connectivity index (χ4v) is 11.8. The zero-order chi connectivity index (χ0) is 34.1. The van der Waals surface area contributed by atoms with Gasteiger partial charge >= 0.3 is 0 Å². The Balaban J connectivity index is 1.38. The summed E-state index contributed by atoms with van der Waals surface area (Å²) in [5.41, 5.74) is 3.22. The normalized spacial score (nSPS) is 11.1. The molecule has 2 heterocycles. The molecule has 6 aromatic carbocycles. The molecule has 0 radical (unpaired) electrons. The second-order valence-electron chi connectivity index (χ2n) is 11.8. The number of fused-ring (bicyclic) bond motifs is 3. The molecule has 8 heteroatoms. The lowest BCUT2D eigenvalue weighted by Crippen LogP contribution is -2.74. The molecule has 0 spiro atoms. The summed E-state index contributed by atoms with van der Waals surface area (Å²) in [6.07, 6.45) is 0. The molecular formula is C42H25N7Si. The lowest BCUT2D eigenvalue weighted by molar-refractivity contribution is 0.930. The first-order valence-corrected chi connectivity index (χ1v) is 18.0. The van der Waals surface area contributed by atoms with Crippen molar-refractivity contribution in [3.8, 4) is 35.5 Å². The molecule has 2 aromatic heterocycles. The van der Waals surface area contributed by atoms with E-state index < -0.39 is 8.07 Å². The lowest BCUT2D eigenvalue weighted by atomic mass is 10.1. The maximum absolute atomic E-state index is 10.1. The van der Waals surface area contributed by atoms with Gasteiger partial charge in [-0.1, -0.05) is 115 Å². The third kappa shape index (κ3) is 4.91. The Labute approximate surface area is 289 Å². The Kier molecular flexibility index (Phi) is 7.51. The van der Waals surface area contributed by atoms with Gasteiger partial charge in [0.15, 0.2) is 13.9 Å². The molecule has 0 atom stereocenters. The van der Waals surface area contributed by atoms with Gasteiger partial charge in [0.2, 0.25) is 11.8 Å². The highest BCUT2D eigenvalue weighted by Crippen LogP contribution is 2.33. The van der Waals surface area contributed by atoms with Crippen LogP contribution in [-0.4, -0.2) is 27.6 Å². The van der Waals surface area contributed by atoms with E-state index in [1.165, 1.54) is 15.6 Å². The van der Waals surface area contributed by atoms with Gasteiger partial charge in [0.25, 0.3) is 0 Å². The third-order valence-electron chi connectivity index (χ3n) is 9.12. The molecule has 8 aromatic rings. The van der Waals surface area contributed by atoms with E-state index in [9.17, 15) is 15.8 Å². The predicted octanol–water partition coefficient (Wildman–Crippen LogP) is 5.63. The average Bonchev–Trinajstić information content (AvgIpc) is 3.52. The Morgan fingerprint density at radius 2 is 0.960 bits per heavy atom.